The van der Waals surface area contributed by atoms with Gasteiger partial charge in [0.25, 0.3) is 5.91 Å². The molecule has 0 atom stereocenters. The molecule has 0 radical (unpaired) electrons. The number of hydrogen-bond donors (Lipinski definition) is 2. The lowest BCUT2D eigenvalue weighted by Gasteiger charge is -2.12. The summed E-state index contributed by atoms with van der Waals surface area (Å²) in [6, 6.07) is 12.6. The van der Waals surface area contributed by atoms with E-state index in [1.54, 1.807) is 12.1 Å². The Morgan fingerprint density at radius 2 is 1.60 bits per heavy atom. The number of likely N-dealkylation sites (N-methyl/N-ethyl adjacent to an activating group) is 1. The number of Topliss-reactive ketones (excluding diaryl/α,β-unsaturated/α-hetero) is 1. The third-order valence-electron chi connectivity index (χ3n) is 4.15. The van der Waals surface area contributed by atoms with Crippen molar-refractivity contribution >= 4 is 29.2 Å². The minimum absolute atomic E-state index is 0.00502. The summed E-state index contributed by atoms with van der Waals surface area (Å²) in [6.07, 6.45) is 0.00502. The predicted octanol–water partition coefficient (Wildman–Crippen LogP) is 5.20. The second kappa shape index (κ2) is 17.2. The summed E-state index contributed by atoms with van der Waals surface area (Å²) >= 11 is 6.02. The molecule has 2 aromatic carbocycles. The SMILES string of the molecule is CC.CNC(=O)CNC(=O)c1ccc(OC(C)C)c(Cl)c1.Cc1ccc(C#CC(=O)C(C)C)cc1. The molecule has 0 saturated carbocycles. The highest BCUT2D eigenvalue weighted by molar-refractivity contribution is 6.32. The van der Waals surface area contributed by atoms with E-state index in [1.165, 1.54) is 18.7 Å². The molecule has 35 heavy (non-hydrogen) atoms. The molecule has 190 valence electrons. The highest BCUT2D eigenvalue weighted by atomic mass is 35.5. The Morgan fingerprint density at radius 3 is 2.09 bits per heavy atom. The van der Waals surface area contributed by atoms with Gasteiger partial charge in [0.15, 0.2) is 0 Å². The second-order valence-electron chi connectivity index (χ2n) is 7.80. The molecule has 0 aliphatic carbocycles. The molecule has 0 aromatic heterocycles. The second-order valence-corrected chi connectivity index (χ2v) is 8.21. The van der Waals surface area contributed by atoms with Gasteiger partial charge >= 0.3 is 0 Å². The van der Waals surface area contributed by atoms with Crippen molar-refractivity contribution < 1.29 is 19.1 Å². The van der Waals surface area contributed by atoms with E-state index in [0.717, 1.165) is 5.56 Å². The van der Waals surface area contributed by atoms with Crippen LogP contribution in [0.3, 0.4) is 0 Å². The molecule has 2 rings (SSSR count). The Kier molecular flexibility index (Phi) is 15.6. The summed E-state index contributed by atoms with van der Waals surface area (Å²) < 4.78 is 5.47. The zero-order valence-corrected chi connectivity index (χ0v) is 22.7. The van der Waals surface area contributed by atoms with Gasteiger partial charge in [-0.1, -0.05) is 62.9 Å². The third kappa shape index (κ3) is 13.2. The van der Waals surface area contributed by atoms with Crippen LogP contribution in [0, 0.1) is 24.7 Å². The zero-order chi connectivity index (χ0) is 27.0. The van der Waals surface area contributed by atoms with Gasteiger partial charge in [0, 0.05) is 24.1 Å². The molecule has 0 aliphatic heterocycles. The molecule has 0 unspecified atom stereocenters. The van der Waals surface area contributed by atoms with Gasteiger partial charge in [-0.3, -0.25) is 14.4 Å². The average molecular weight is 501 g/mol. The van der Waals surface area contributed by atoms with Crippen LogP contribution in [-0.2, 0) is 9.59 Å². The molecule has 0 fully saturated rings. The number of hydrogen-bond acceptors (Lipinski definition) is 4. The van der Waals surface area contributed by atoms with Gasteiger partial charge in [0.1, 0.15) is 5.75 Å². The van der Waals surface area contributed by atoms with Crippen LogP contribution in [0.1, 0.15) is 63.0 Å². The topological polar surface area (TPSA) is 84.5 Å². The van der Waals surface area contributed by atoms with Crippen molar-refractivity contribution in [2.75, 3.05) is 13.6 Å². The van der Waals surface area contributed by atoms with E-state index < -0.39 is 0 Å². The lowest BCUT2D eigenvalue weighted by molar-refractivity contribution is -0.119. The number of amides is 2. The molecule has 0 aliphatic rings. The number of ether oxygens (including phenoxy) is 1. The number of halogens is 1. The summed E-state index contributed by atoms with van der Waals surface area (Å²) in [5, 5.41) is 5.26. The van der Waals surface area contributed by atoms with Crippen LogP contribution in [0.4, 0.5) is 0 Å². The number of nitrogens with one attached hydrogen (secondary N) is 2. The van der Waals surface area contributed by atoms with E-state index in [2.05, 4.69) is 22.5 Å². The first-order chi connectivity index (χ1) is 16.5. The quantitative estimate of drug-likeness (QED) is 0.534. The largest absolute Gasteiger partial charge is 0.489 e. The summed E-state index contributed by atoms with van der Waals surface area (Å²) in [4.78, 5) is 34.0. The van der Waals surface area contributed by atoms with Gasteiger partial charge in [0.05, 0.1) is 17.7 Å². The Morgan fingerprint density at radius 1 is 1.00 bits per heavy atom. The molecule has 2 N–H and O–H groups in total. The molecule has 0 spiro atoms. The van der Waals surface area contributed by atoms with Crippen LogP contribution < -0.4 is 15.4 Å². The van der Waals surface area contributed by atoms with Crippen molar-refractivity contribution in [2.24, 2.45) is 5.92 Å². The Balaban J connectivity index is 0.000000641. The van der Waals surface area contributed by atoms with Gasteiger partial charge in [-0.05, 0) is 57.0 Å². The van der Waals surface area contributed by atoms with Crippen molar-refractivity contribution in [1.29, 1.82) is 0 Å². The molecule has 0 bridgehead atoms. The Bertz CT molecular complexity index is 1020. The van der Waals surface area contributed by atoms with E-state index in [4.69, 9.17) is 16.3 Å². The lowest BCUT2D eigenvalue weighted by atomic mass is 10.1. The van der Waals surface area contributed by atoms with Gasteiger partial charge in [-0.25, -0.2) is 0 Å². The summed E-state index contributed by atoms with van der Waals surface area (Å²) in [7, 11) is 1.50. The first-order valence-electron chi connectivity index (χ1n) is 11.6. The van der Waals surface area contributed by atoms with Crippen LogP contribution in [-0.4, -0.2) is 37.3 Å². The maximum Gasteiger partial charge on any atom is 0.251 e. The normalized spacial score (nSPS) is 9.46. The monoisotopic (exact) mass is 500 g/mol. The van der Waals surface area contributed by atoms with Crippen LogP contribution >= 0.6 is 11.6 Å². The summed E-state index contributed by atoms with van der Waals surface area (Å²) in [5.74, 6) is 5.37. The van der Waals surface area contributed by atoms with Crippen LogP contribution in [0.25, 0.3) is 0 Å². The summed E-state index contributed by atoms with van der Waals surface area (Å²) in [6.45, 7) is 13.4. The Labute approximate surface area is 214 Å². The number of rotatable bonds is 6. The minimum Gasteiger partial charge on any atom is -0.489 e. The number of aryl methyl sites for hydroxylation is 1. The van der Waals surface area contributed by atoms with Crippen LogP contribution in [0.15, 0.2) is 42.5 Å². The van der Waals surface area contributed by atoms with E-state index in [-0.39, 0.29) is 36.2 Å². The average Bonchev–Trinajstić information content (AvgIpc) is 2.84. The van der Waals surface area contributed by atoms with Crippen LogP contribution in [0.2, 0.25) is 5.02 Å². The highest BCUT2D eigenvalue weighted by Crippen LogP contribution is 2.26. The third-order valence-corrected chi connectivity index (χ3v) is 4.45. The van der Waals surface area contributed by atoms with Gasteiger partial charge in [-0.2, -0.15) is 0 Å². The van der Waals surface area contributed by atoms with Crippen molar-refractivity contribution in [3.63, 3.8) is 0 Å². The van der Waals surface area contributed by atoms with E-state index >= 15 is 0 Å². The maximum atomic E-state index is 11.8. The van der Waals surface area contributed by atoms with Gasteiger partial charge in [0.2, 0.25) is 11.7 Å². The van der Waals surface area contributed by atoms with Gasteiger partial charge < -0.3 is 15.4 Å². The predicted molar refractivity (Wildman–Crippen MR) is 143 cm³/mol. The lowest BCUT2D eigenvalue weighted by Crippen LogP contribution is -2.35. The molecule has 6 nitrogen and oxygen atoms in total. The van der Waals surface area contributed by atoms with Crippen LogP contribution in [0.5, 0.6) is 5.75 Å². The van der Waals surface area contributed by atoms with Crippen molar-refractivity contribution in [3.05, 3.63) is 64.2 Å². The number of ketones is 1. The fourth-order valence-electron chi connectivity index (χ4n) is 2.26. The number of benzene rings is 2. The number of carbonyl (C=O) groups excluding carboxylic acids is 3. The zero-order valence-electron chi connectivity index (χ0n) is 21.9. The smallest absolute Gasteiger partial charge is 0.251 e. The Hall–Kier alpha value is -3.30. The molecular formula is C28H37ClN2O4. The molecular weight excluding hydrogens is 464 g/mol. The summed E-state index contributed by atoms with van der Waals surface area (Å²) in [5.41, 5.74) is 2.47. The van der Waals surface area contributed by atoms with Crippen molar-refractivity contribution in [1.82, 2.24) is 10.6 Å². The highest BCUT2D eigenvalue weighted by Gasteiger charge is 2.11. The van der Waals surface area contributed by atoms with Gasteiger partial charge in [-0.15, -0.1) is 0 Å². The van der Waals surface area contributed by atoms with E-state index in [9.17, 15) is 14.4 Å². The van der Waals surface area contributed by atoms with Crippen molar-refractivity contribution in [3.8, 4) is 17.6 Å². The fraction of sp³-hybridized carbons (Fsp3) is 0.393. The standard InChI is InChI=1S/C13H17ClN2O3.C13H14O.C2H6/c1-8(2)19-11-5-4-9(6-10(11)14)13(18)16-7-12(17)15-3;1-10(2)13(14)9-8-12-6-4-11(3)5-7-12;1-2/h4-6,8H,7H2,1-3H3,(H,15,17)(H,16,18);4-7,10H,1-3H3;1-2H3. The minimum atomic E-state index is -0.360. The molecule has 2 aromatic rings. The molecule has 0 heterocycles. The van der Waals surface area contributed by atoms with E-state index in [1.807, 2.05) is 72.7 Å². The molecule has 7 heteroatoms. The molecule has 2 amide bonds. The number of carbonyl (C=O) groups is 3. The fourth-order valence-corrected chi connectivity index (χ4v) is 2.48. The van der Waals surface area contributed by atoms with Crippen molar-refractivity contribution in [2.45, 2.75) is 54.6 Å². The first-order valence-corrected chi connectivity index (χ1v) is 12.0. The van der Waals surface area contributed by atoms with E-state index in [0.29, 0.717) is 16.3 Å². The molecule has 0 saturated heterocycles. The maximum absolute atomic E-state index is 11.8. The first kappa shape index (κ1) is 31.7.